The van der Waals surface area contributed by atoms with Crippen LogP contribution < -0.4 is 9.75 Å². The summed E-state index contributed by atoms with van der Waals surface area (Å²) in [5, 5.41) is 4.33. The van der Waals surface area contributed by atoms with Gasteiger partial charge in [-0.3, -0.25) is 4.79 Å². The van der Waals surface area contributed by atoms with Crippen LogP contribution in [0.2, 0.25) is 0 Å². The van der Waals surface area contributed by atoms with Crippen molar-refractivity contribution in [3.05, 3.63) is 73.4 Å². The molecule has 2 aromatic carbocycles. The Labute approximate surface area is 192 Å². The van der Waals surface area contributed by atoms with Crippen molar-refractivity contribution >= 4 is 68.6 Å². The first-order chi connectivity index (χ1) is 13.7. The summed E-state index contributed by atoms with van der Waals surface area (Å²) in [6.07, 6.45) is -1.96. The van der Waals surface area contributed by atoms with Crippen LogP contribution in [-0.4, -0.2) is 24.4 Å². The highest BCUT2D eigenvalue weighted by atomic mass is 127. The zero-order valence-electron chi connectivity index (χ0n) is 14.7. The molecule has 0 spiro atoms. The fraction of sp³-hybridized carbons (Fsp3) is 0.100. The van der Waals surface area contributed by atoms with Crippen LogP contribution in [0.3, 0.4) is 0 Å². The van der Waals surface area contributed by atoms with E-state index in [9.17, 15) is 18.0 Å². The Morgan fingerprint density at radius 1 is 1.14 bits per heavy atom. The molecule has 1 aliphatic rings. The first-order valence-corrected chi connectivity index (χ1v) is 10.4. The maximum Gasteiger partial charge on any atom is 0.435 e. The van der Waals surface area contributed by atoms with E-state index < -0.39 is 23.4 Å². The average molecular weight is 624 g/mol. The van der Waals surface area contributed by atoms with Gasteiger partial charge in [0.05, 0.1) is 18.4 Å². The van der Waals surface area contributed by atoms with Gasteiger partial charge in [0.25, 0.3) is 5.91 Å². The Balaban J connectivity index is 2.04. The van der Waals surface area contributed by atoms with Crippen molar-refractivity contribution in [1.29, 1.82) is 0 Å². The molecule has 3 rings (SSSR count). The number of nitrogens with zero attached hydrogens (tertiary/aromatic N) is 2. The summed E-state index contributed by atoms with van der Waals surface area (Å²) < 4.78 is 47.7. The summed E-state index contributed by atoms with van der Waals surface area (Å²) >= 11 is 4.07. The van der Waals surface area contributed by atoms with Crippen LogP contribution in [0.1, 0.15) is 5.56 Å². The zero-order chi connectivity index (χ0) is 21.2. The molecule has 9 heteroatoms. The Morgan fingerprint density at radius 2 is 1.76 bits per heavy atom. The molecule has 0 saturated carbocycles. The van der Waals surface area contributed by atoms with Crippen molar-refractivity contribution in [2.45, 2.75) is 6.18 Å². The number of amides is 1. The van der Waals surface area contributed by atoms with E-state index >= 15 is 0 Å². The molecule has 0 N–H and O–H groups in total. The van der Waals surface area contributed by atoms with Crippen molar-refractivity contribution in [2.24, 2.45) is 5.10 Å². The van der Waals surface area contributed by atoms with Crippen LogP contribution >= 0.6 is 45.2 Å². The molecule has 1 amide bonds. The minimum absolute atomic E-state index is 0.264. The summed E-state index contributed by atoms with van der Waals surface area (Å²) in [6, 6.07) is 11.3. The number of carbonyl (C=O) groups is 1. The van der Waals surface area contributed by atoms with Crippen LogP contribution in [0, 0.1) is 7.14 Å². The number of benzene rings is 2. The Hall–Kier alpha value is -1.89. The molecule has 0 atom stereocenters. The lowest BCUT2D eigenvalue weighted by atomic mass is 10.1. The Bertz CT molecular complexity index is 995. The molecule has 0 aliphatic carbocycles. The number of ether oxygens (including phenoxy) is 1. The molecule has 0 saturated heterocycles. The molecule has 4 nitrogen and oxygen atoms in total. The second-order valence-corrected chi connectivity index (χ2v) is 8.19. The smallest absolute Gasteiger partial charge is 0.435 e. The van der Waals surface area contributed by atoms with Gasteiger partial charge in [0.15, 0.2) is 5.71 Å². The van der Waals surface area contributed by atoms with E-state index in [2.05, 4.69) is 11.7 Å². The first kappa shape index (κ1) is 21.8. The standard InChI is InChI=1S/C20H13F3I2N2O2/c1-2-8-29-17-15(24)10-12(11-16(17)25)9-14-18(20(21,22)23)26-27(19(14)28)13-6-4-3-5-7-13/h2-7,9-11H,1,8H2/b14-9-. The predicted octanol–water partition coefficient (Wildman–Crippen LogP) is 5.81. The maximum atomic E-state index is 13.6. The second-order valence-electron chi connectivity index (χ2n) is 5.87. The molecule has 0 fully saturated rings. The molecule has 0 bridgehead atoms. The predicted molar refractivity (Wildman–Crippen MR) is 123 cm³/mol. The molecular formula is C20H13F3I2N2O2. The average Bonchev–Trinajstić information content (AvgIpc) is 2.99. The lowest BCUT2D eigenvalue weighted by Gasteiger charge is -2.11. The fourth-order valence-corrected chi connectivity index (χ4v) is 4.74. The van der Waals surface area contributed by atoms with Crippen molar-refractivity contribution in [1.82, 2.24) is 0 Å². The van der Waals surface area contributed by atoms with Gasteiger partial charge in [0.2, 0.25) is 0 Å². The van der Waals surface area contributed by atoms with E-state index in [0.717, 1.165) is 5.01 Å². The maximum absolute atomic E-state index is 13.6. The van der Waals surface area contributed by atoms with Crippen LogP contribution in [0.4, 0.5) is 18.9 Å². The molecule has 2 aromatic rings. The van der Waals surface area contributed by atoms with Gasteiger partial charge in [-0.2, -0.15) is 23.3 Å². The number of para-hydroxylation sites is 1. The number of alkyl halides is 3. The monoisotopic (exact) mass is 624 g/mol. The summed E-state index contributed by atoms with van der Waals surface area (Å²) in [5.41, 5.74) is -1.02. The van der Waals surface area contributed by atoms with E-state index in [1.807, 2.05) is 45.2 Å². The summed E-state index contributed by atoms with van der Waals surface area (Å²) in [5.74, 6) is -0.220. The number of rotatable bonds is 5. The van der Waals surface area contributed by atoms with Crippen LogP contribution in [0.25, 0.3) is 6.08 Å². The van der Waals surface area contributed by atoms with Gasteiger partial charge in [-0.05, 0) is 81.1 Å². The molecular weight excluding hydrogens is 611 g/mol. The number of anilines is 1. The highest BCUT2D eigenvalue weighted by molar-refractivity contribution is 14.1. The van der Waals surface area contributed by atoms with Crippen molar-refractivity contribution in [3.63, 3.8) is 0 Å². The quantitative estimate of drug-likeness (QED) is 0.240. The summed E-state index contributed by atoms with van der Waals surface area (Å²) in [4.78, 5) is 12.7. The number of carbonyl (C=O) groups excluding carboxylic acids is 1. The number of halogens is 5. The van der Waals surface area contributed by atoms with Gasteiger partial charge >= 0.3 is 6.18 Å². The van der Waals surface area contributed by atoms with Gasteiger partial charge in [-0.15, -0.1) is 0 Å². The highest BCUT2D eigenvalue weighted by Crippen LogP contribution is 2.34. The van der Waals surface area contributed by atoms with E-state index in [1.165, 1.54) is 18.2 Å². The van der Waals surface area contributed by atoms with Crippen LogP contribution in [-0.2, 0) is 4.79 Å². The van der Waals surface area contributed by atoms with Gasteiger partial charge in [-0.25, -0.2) is 0 Å². The van der Waals surface area contributed by atoms with Gasteiger partial charge in [0.1, 0.15) is 12.4 Å². The second kappa shape index (κ2) is 8.86. The summed E-state index contributed by atoms with van der Waals surface area (Å²) in [6.45, 7) is 3.90. The van der Waals surface area contributed by atoms with Gasteiger partial charge in [0, 0.05) is 0 Å². The SMILES string of the molecule is C=CCOc1c(I)cc(/C=C2\C(=O)N(c3ccccc3)N=C2C(F)(F)F)cc1I. The summed E-state index contributed by atoms with van der Waals surface area (Å²) in [7, 11) is 0. The largest absolute Gasteiger partial charge is 0.487 e. The van der Waals surface area contributed by atoms with Gasteiger partial charge in [-0.1, -0.05) is 30.9 Å². The number of hydrogen-bond donors (Lipinski definition) is 0. The van der Waals surface area contributed by atoms with E-state index in [0.29, 0.717) is 25.1 Å². The molecule has 0 aromatic heterocycles. The van der Waals surface area contributed by atoms with E-state index in [1.54, 1.807) is 36.4 Å². The van der Waals surface area contributed by atoms with Crippen LogP contribution in [0.15, 0.2) is 65.8 Å². The van der Waals surface area contributed by atoms with Crippen LogP contribution in [0.5, 0.6) is 5.75 Å². The third kappa shape index (κ3) is 4.82. The topological polar surface area (TPSA) is 41.9 Å². The van der Waals surface area contributed by atoms with Crippen molar-refractivity contribution in [2.75, 3.05) is 11.6 Å². The van der Waals surface area contributed by atoms with Crippen molar-refractivity contribution < 1.29 is 22.7 Å². The minimum Gasteiger partial charge on any atom is -0.487 e. The molecule has 1 aliphatic heterocycles. The molecule has 150 valence electrons. The number of hydrazone groups is 1. The third-order valence-electron chi connectivity index (χ3n) is 3.82. The lowest BCUT2D eigenvalue weighted by Crippen LogP contribution is -2.25. The van der Waals surface area contributed by atoms with Gasteiger partial charge < -0.3 is 4.74 Å². The molecule has 0 radical (unpaired) electrons. The van der Waals surface area contributed by atoms with E-state index in [4.69, 9.17) is 4.74 Å². The number of hydrogen-bond acceptors (Lipinski definition) is 3. The van der Waals surface area contributed by atoms with E-state index in [-0.39, 0.29) is 5.69 Å². The normalized spacial score (nSPS) is 15.6. The first-order valence-electron chi connectivity index (χ1n) is 8.22. The minimum atomic E-state index is -4.77. The molecule has 0 unspecified atom stereocenters. The molecule has 29 heavy (non-hydrogen) atoms. The fourth-order valence-electron chi connectivity index (χ4n) is 2.61. The third-order valence-corrected chi connectivity index (χ3v) is 5.43. The Morgan fingerprint density at radius 3 is 2.31 bits per heavy atom. The Kier molecular flexibility index (Phi) is 6.66. The van der Waals surface area contributed by atoms with Crippen molar-refractivity contribution in [3.8, 4) is 5.75 Å². The lowest BCUT2D eigenvalue weighted by molar-refractivity contribution is -0.114. The molecule has 1 heterocycles. The highest BCUT2D eigenvalue weighted by Gasteiger charge is 2.46. The zero-order valence-corrected chi connectivity index (χ0v) is 19.0.